The fourth-order valence-electron chi connectivity index (χ4n) is 3.54. The standard InChI is InChI=1S/C22H24N4O3S/c1-13-6-9-18(23-11-13)25-20(27)16-5-4-10-26(12-16)22(28)19-15(3)24-21(30-19)17-8-7-14(2)29-17/h6-9,11,16H,4-5,10,12H2,1-3H3,(H,23,25,27)/t16-/m0/s1. The molecular formula is C22H24N4O3S. The summed E-state index contributed by atoms with van der Waals surface area (Å²) in [6.07, 6.45) is 3.25. The molecule has 0 unspecified atom stereocenters. The molecule has 156 valence electrons. The summed E-state index contributed by atoms with van der Waals surface area (Å²) in [5.74, 6) is 1.57. The zero-order valence-electron chi connectivity index (χ0n) is 17.3. The number of hydrogen-bond acceptors (Lipinski definition) is 6. The second kappa shape index (κ2) is 8.39. The number of thiazole rings is 1. The Morgan fingerprint density at radius 2 is 2.03 bits per heavy atom. The molecule has 1 saturated heterocycles. The van der Waals surface area contributed by atoms with Crippen molar-refractivity contribution in [3.05, 3.63) is 52.4 Å². The van der Waals surface area contributed by atoms with Crippen molar-refractivity contribution in [2.24, 2.45) is 5.92 Å². The Balaban J connectivity index is 1.45. The van der Waals surface area contributed by atoms with Crippen LogP contribution in [0.5, 0.6) is 0 Å². The molecule has 3 aromatic heterocycles. The van der Waals surface area contributed by atoms with E-state index in [1.54, 1.807) is 17.2 Å². The van der Waals surface area contributed by atoms with Crippen LogP contribution in [0.15, 0.2) is 34.9 Å². The molecule has 0 aromatic carbocycles. The third-order valence-electron chi connectivity index (χ3n) is 5.18. The van der Waals surface area contributed by atoms with Crippen molar-refractivity contribution in [2.45, 2.75) is 33.6 Å². The van der Waals surface area contributed by atoms with E-state index < -0.39 is 0 Å². The number of aryl methyl sites for hydroxylation is 3. The van der Waals surface area contributed by atoms with E-state index in [1.165, 1.54) is 11.3 Å². The van der Waals surface area contributed by atoms with Gasteiger partial charge in [0.2, 0.25) is 5.91 Å². The van der Waals surface area contributed by atoms with Gasteiger partial charge in [-0.25, -0.2) is 9.97 Å². The van der Waals surface area contributed by atoms with Gasteiger partial charge in [0.05, 0.1) is 11.6 Å². The first kappa shape index (κ1) is 20.3. The predicted octanol–water partition coefficient (Wildman–Crippen LogP) is 4.21. The van der Waals surface area contributed by atoms with Crippen molar-refractivity contribution in [1.29, 1.82) is 0 Å². The second-order valence-electron chi connectivity index (χ2n) is 7.64. The summed E-state index contributed by atoms with van der Waals surface area (Å²) >= 11 is 1.33. The van der Waals surface area contributed by atoms with E-state index in [1.807, 2.05) is 39.0 Å². The number of pyridine rings is 1. The fraction of sp³-hybridized carbons (Fsp3) is 0.364. The van der Waals surface area contributed by atoms with Gasteiger partial charge in [-0.15, -0.1) is 11.3 Å². The zero-order chi connectivity index (χ0) is 21.3. The minimum absolute atomic E-state index is 0.0783. The van der Waals surface area contributed by atoms with Gasteiger partial charge in [0, 0.05) is 19.3 Å². The Labute approximate surface area is 179 Å². The largest absolute Gasteiger partial charge is 0.459 e. The van der Waals surface area contributed by atoms with Crippen LogP contribution in [0, 0.1) is 26.7 Å². The highest BCUT2D eigenvalue weighted by Gasteiger charge is 2.31. The van der Waals surface area contributed by atoms with Crippen LogP contribution in [0.25, 0.3) is 10.8 Å². The molecule has 0 bridgehead atoms. The summed E-state index contributed by atoms with van der Waals surface area (Å²) in [6, 6.07) is 7.44. The number of carbonyl (C=O) groups excluding carboxylic acids is 2. The quantitative estimate of drug-likeness (QED) is 0.678. The van der Waals surface area contributed by atoms with E-state index in [2.05, 4.69) is 15.3 Å². The smallest absolute Gasteiger partial charge is 0.265 e. The van der Waals surface area contributed by atoms with Crippen molar-refractivity contribution in [3.63, 3.8) is 0 Å². The summed E-state index contributed by atoms with van der Waals surface area (Å²) in [6.45, 7) is 6.69. The number of amides is 2. The van der Waals surface area contributed by atoms with E-state index in [9.17, 15) is 9.59 Å². The number of piperidine rings is 1. The lowest BCUT2D eigenvalue weighted by Gasteiger charge is -2.31. The average Bonchev–Trinajstić information content (AvgIpc) is 3.35. The summed E-state index contributed by atoms with van der Waals surface area (Å²) in [5, 5.41) is 3.56. The maximum Gasteiger partial charge on any atom is 0.265 e. The SMILES string of the molecule is Cc1ccc(NC(=O)[C@H]2CCCN(C(=O)c3sc(-c4ccc(C)o4)nc3C)C2)nc1. The maximum atomic E-state index is 13.2. The number of rotatable bonds is 4. The van der Waals surface area contributed by atoms with Crippen LogP contribution in [0.4, 0.5) is 5.82 Å². The molecule has 0 spiro atoms. The number of nitrogens with one attached hydrogen (secondary N) is 1. The number of hydrogen-bond donors (Lipinski definition) is 1. The third kappa shape index (κ3) is 4.28. The summed E-state index contributed by atoms with van der Waals surface area (Å²) in [7, 11) is 0. The van der Waals surface area contributed by atoms with Crippen molar-refractivity contribution in [1.82, 2.24) is 14.9 Å². The highest BCUT2D eigenvalue weighted by molar-refractivity contribution is 7.17. The topological polar surface area (TPSA) is 88.3 Å². The van der Waals surface area contributed by atoms with Gasteiger partial charge in [-0.05, 0) is 57.4 Å². The fourth-order valence-corrected chi connectivity index (χ4v) is 4.53. The maximum absolute atomic E-state index is 13.2. The summed E-state index contributed by atoms with van der Waals surface area (Å²) < 4.78 is 5.64. The van der Waals surface area contributed by atoms with Gasteiger partial charge in [0.15, 0.2) is 10.8 Å². The van der Waals surface area contributed by atoms with Gasteiger partial charge in [0.25, 0.3) is 5.91 Å². The first-order valence-corrected chi connectivity index (χ1v) is 10.8. The van der Waals surface area contributed by atoms with Crippen LogP contribution in [0.1, 0.15) is 39.5 Å². The van der Waals surface area contributed by atoms with Gasteiger partial charge < -0.3 is 14.6 Å². The number of nitrogens with zero attached hydrogens (tertiary/aromatic N) is 3. The average molecular weight is 425 g/mol. The Hall–Kier alpha value is -3.00. The summed E-state index contributed by atoms with van der Waals surface area (Å²) in [4.78, 5) is 37.0. The highest BCUT2D eigenvalue weighted by Crippen LogP contribution is 2.31. The normalized spacial score (nSPS) is 16.5. The molecule has 1 fully saturated rings. The Morgan fingerprint density at radius 1 is 1.20 bits per heavy atom. The second-order valence-corrected chi connectivity index (χ2v) is 8.64. The van der Waals surface area contributed by atoms with Crippen molar-refractivity contribution >= 4 is 29.0 Å². The van der Waals surface area contributed by atoms with Gasteiger partial charge in [0.1, 0.15) is 16.5 Å². The van der Waals surface area contributed by atoms with Crippen molar-refractivity contribution < 1.29 is 14.0 Å². The Morgan fingerprint density at radius 3 is 2.73 bits per heavy atom. The number of carbonyl (C=O) groups is 2. The molecule has 0 saturated carbocycles. The van der Waals surface area contributed by atoms with Crippen LogP contribution < -0.4 is 5.32 Å². The van der Waals surface area contributed by atoms with E-state index >= 15 is 0 Å². The van der Waals surface area contributed by atoms with Gasteiger partial charge in [-0.1, -0.05) is 6.07 Å². The predicted molar refractivity (Wildman–Crippen MR) is 116 cm³/mol. The molecule has 1 N–H and O–H groups in total. The van der Waals surface area contributed by atoms with Crippen molar-refractivity contribution in [2.75, 3.05) is 18.4 Å². The zero-order valence-corrected chi connectivity index (χ0v) is 18.1. The first-order chi connectivity index (χ1) is 14.4. The van der Waals surface area contributed by atoms with E-state index in [0.717, 1.165) is 24.2 Å². The molecule has 2 amide bonds. The number of likely N-dealkylation sites (tertiary alicyclic amines) is 1. The van der Waals surface area contributed by atoms with Gasteiger partial charge in [-0.3, -0.25) is 9.59 Å². The van der Waals surface area contributed by atoms with Crippen LogP contribution in [0.3, 0.4) is 0 Å². The van der Waals surface area contributed by atoms with Gasteiger partial charge in [-0.2, -0.15) is 0 Å². The molecule has 0 aliphatic carbocycles. The monoisotopic (exact) mass is 424 g/mol. The first-order valence-electron chi connectivity index (χ1n) is 9.98. The molecule has 0 radical (unpaired) electrons. The minimum Gasteiger partial charge on any atom is -0.459 e. The molecule has 4 rings (SSSR count). The van der Waals surface area contributed by atoms with E-state index in [-0.39, 0.29) is 17.7 Å². The van der Waals surface area contributed by atoms with Crippen LogP contribution in [0.2, 0.25) is 0 Å². The minimum atomic E-state index is -0.258. The van der Waals surface area contributed by atoms with Crippen LogP contribution in [-0.4, -0.2) is 39.8 Å². The Kier molecular flexibility index (Phi) is 5.67. The number of furan rings is 1. The molecule has 7 nitrogen and oxygen atoms in total. The van der Waals surface area contributed by atoms with Crippen molar-refractivity contribution in [3.8, 4) is 10.8 Å². The molecule has 3 aromatic rings. The summed E-state index contributed by atoms with van der Waals surface area (Å²) in [5.41, 5.74) is 1.72. The van der Waals surface area contributed by atoms with Crippen LogP contribution >= 0.6 is 11.3 Å². The van der Waals surface area contributed by atoms with E-state index in [4.69, 9.17) is 4.42 Å². The number of aromatic nitrogens is 2. The molecule has 8 heteroatoms. The lowest BCUT2D eigenvalue weighted by atomic mass is 9.97. The molecule has 4 heterocycles. The Bertz CT molecular complexity index is 1070. The van der Waals surface area contributed by atoms with Crippen LogP contribution in [-0.2, 0) is 4.79 Å². The lowest BCUT2D eigenvalue weighted by Crippen LogP contribution is -2.43. The molecule has 1 aliphatic rings. The highest BCUT2D eigenvalue weighted by atomic mass is 32.1. The van der Waals surface area contributed by atoms with E-state index in [0.29, 0.717) is 40.2 Å². The molecule has 1 atom stereocenters. The van der Waals surface area contributed by atoms with Gasteiger partial charge >= 0.3 is 0 Å². The molecular weight excluding hydrogens is 400 g/mol. The number of anilines is 1. The lowest BCUT2D eigenvalue weighted by molar-refractivity contribution is -0.121. The molecule has 1 aliphatic heterocycles. The third-order valence-corrected chi connectivity index (χ3v) is 6.34. The molecule has 30 heavy (non-hydrogen) atoms.